The van der Waals surface area contributed by atoms with Gasteiger partial charge >= 0.3 is 0 Å². The Kier molecular flexibility index (Phi) is 7.08. The zero-order valence-electron chi connectivity index (χ0n) is 15.9. The van der Waals surface area contributed by atoms with Crippen molar-refractivity contribution < 1.29 is 17.9 Å². The number of aromatic nitrogens is 1. The molecule has 1 unspecified atom stereocenters. The van der Waals surface area contributed by atoms with Gasteiger partial charge in [-0.25, -0.2) is 8.42 Å². The van der Waals surface area contributed by atoms with E-state index in [1.54, 1.807) is 0 Å². The summed E-state index contributed by atoms with van der Waals surface area (Å²) in [4.78, 5) is 17.9. The predicted molar refractivity (Wildman–Crippen MR) is 114 cm³/mol. The first-order chi connectivity index (χ1) is 13.3. The molecule has 2 heterocycles. The molecule has 0 spiro atoms. The van der Waals surface area contributed by atoms with Gasteiger partial charge < -0.3 is 9.30 Å². The minimum absolute atomic E-state index is 0.370. The minimum Gasteiger partial charge on any atom is -0.380 e. The molecule has 1 aromatic heterocycles. The van der Waals surface area contributed by atoms with Crippen LogP contribution in [-0.4, -0.2) is 55.3 Å². The van der Waals surface area contributed by atoms with Crippen LogP contribution in [0.5, 0.6) is 0 Å². The molecule has 1 atom stereocenters. The standard InChI is InChI=1S/C18H24BrN3O4S2/c1-3-26-11-10-21-14-8-7-13(19)12-16(14)27-18(21)20-17(23)15-6-4-5-9-22(15)28(2,24)25/h7-8,12,15H,3-6,9-11H2,1-2H3. The Morgan fingerprint density at radius 1 is 1.39 bits per heavy atom. The molecule has 154 valence electrons. The van der Waals surface area contributed by atoms with Gasteiger partial charge in [-0.3, -0.25) is 4.79 Å². The SMILES string of the molecule is CCOCCn1c(=NC(=O)C2CCCCN2S(C)(=O)=O)sc2cc(Br)ccc21. The molecule has 0 radical (unpaired) electrons. The monoisotopic (exact) mass is 489 g/mol. The predicted octanol–water partition coefficient (Wildman–Crippen LogP) is 2.74. The Morgan fingerprint density at radius 2 is 2.18 bits per heavy atom. The summed E-state index contributed by atoms with van der Waals surface area (Å²) in [7, 11) is -3.45. The number of fused-ring (bicyclic) bond motifs is 1. The van der Waals surface area contributed by atoms with Crippen molar-refractivity contribution in [3.05, 3.63) is 27.5 Å². The third-order valence-corrected chi connectivity index (χ3v) is 7.50. The first-order valence-electron chi connectivity index (χ1n) is 9.23. The number of hydrogen-bond acceptors (Lipinski definition) is 5. The molecule has 1 aliphatic heterocycles. The van der Waals surface area contributed by atoms with E-state index >= 15 is 0 Å². The number of benzene rings is 1. The summed E-state index contributed by atoms with van der Waals surface area (Å²) in [6.07, 6.45) is 3.24. The van der Waals surface area contributed by atoms with Crippen molar-refractivity contribution in [3.63, 3.8) is 0 Å². The second-order valence-electron chi connectivity index (χ2n) is 6.68. The van der Waals surface area contributed by atoms with E-state index in [0.717, 1.165) is 33.8 Å². The van der Waals surface area contributed by atoms with E-state index in [1.165, 1.54) is 15.6 Å². The Labute approximate surface area is 177 Å². The number of hydrogen-bond donors (Lipinski definition) is 0. The fourth-order valence-corrected chi connectivity index (χ4v) is 6.10. The first kappa shape index (κ1) is 21.6. The van der Waals surface area contributed by atoms with Gasteiger partial charge in [-0.1, -0.05) is 33.7 Å². The number of rotatable bonds is 6. The molecule has 7 nitrogen and oxygen atoms in total. The highest BCUT2D eigenvalue weighted by molar-refractivity contribution is 9.10. The maximum absolute atomic E-state index is 12.9. The fourth-order valence-electron chi connectivity index (χ4n) is 3.37. The molecule has 0 aliphatic carbocycles. The Morgan fingerprint density at radius 3 is 2.89 bits per heavy atom. The number of thiazole rings is 1. The van der Waals surface area contributed by atoms with Crippen molar-refractivity contribution in [2.24, 2.45) is 4.99 Å². The van der Waals surface area contributed by atoms with Crippen LogP contribution in [0, 0.1) is 0 Å². The number of amides is 1. The topological polar surface area (TPSA) is 81.0 Å². The number of nitrogens with zero attached hydrogens (tertiary/aromatic N) is 3. The molecule has 1 aromatic carbocycles. The van der Waals surface area contributed by atoms with Crippen molar-refractivity contribution in [3.8, 4) is 0 Å². The largest absolute Gasteiger partial charge is 0.380 e. The normalized spacial score (nSPS) is 19.4. The van der Waals surface area contributed by atoms with Crippen molar-refractivity contribution in [2.45, 2.75) is 38.8 Å². The highest BCUT2D eigenvalue weighted by Gasteiger charge is 2.34. The van der Waals surface area contributed by atoms with E-state index in [2.05, 4.69) is 20.9 Å². The second kappa shape index (κ2) is 9.17. The molecule has 0 saturated carbocycles. The second-order valence-corrected chi connectivity index (χ2v) is 10.5. The van der Waals surface area contributed by atoms with Crippen molar-refractivity contribution in [1.82, 2.24) is 8.87 Å². The van der Waals surface area contributed by atoms with Gasteiger partial charge in [0.25, 0.3) is 5.91 Å². The molecule has 1 amide bonds. The van der Waals surface area contributed by atoms with Gasteiger partial charge in [-0.2, -0.15) is 9.30 Å². The summed E-state index contributed by atoms with van der Waals surface area (Å²) in [5, 5.41) is 0. The van der Waals surface area contributed by atoms with Crippen LogP contribution >= 0.6 is 27.3 Å². The van der Waals surface area contributed by atoms with Gasteiger partial charge in [0, 0.05) is 24.2 Å². The van der Waals surface area contributed by atoms with E-state index in [9.17, 15) is 13.2 Å². The Hall–Kier alpha value is -1.07. The lowest BCUT2D eigenvalue weighted by Crippen LogP contribution is -2.47. The summed E-state index contributed by atoms with van der Waals surface area (Å²) in [5.41, 5.74) is 0.975. The van der Waals surface area contributed by atoms with Crippen LogP contribution in [0.1, 0.15) is 26.2 Å². The summed E-state index contributed by atoms with van der Waals surface area (Å²) in [6.45, 7) is 4.01. The number of halogens is 1. The summed E-state index contributed by atoms with van der Waals surface area (Å²) in [5.74, 6) is -0.402. The molecule has 1 saturated heterocycles. The fraction of sp³-hybridized carbons (Fsp3) is 0.556. The molecular formula is C18H24BrN3O4S2. The number of piperidine rings is 1. The highest BCUT2D eigenvalue weighted by Crippen LogP contribution is 2.23. The van der Waals surface area contributed by atoms with E-state index in [1.807, 2.05) is 29.7 Å². The third-order valence-electron chi connectivity index (χ3n) is 4.68. The van der Waals surface area contributed by atoms with E-state index in [4.69, 9.17) is 4.74 Å². The lowest BCUT2D eigenvalue weighted by Gasteiger charge is -2.31. The third kappa shape index (κ3) is 4.91. The van der Waals surface area contributed by atoms with Crippen LogP contribution in [0.3, 0.4) is 0 Å². The van der Waals surface area contributed by atoms with Crippen molar-refractivity contribution in [2.75, 3.05) is 26.0 Å². The van der Waals surface area contributed by atoms with Crippen LogP contribution in [0.2, 0.25) is 0 Å². The molecule has 2 aromatic rings. The molecule has 3 rings (SSSR count). The van der Waals surface area contributed by atoms with Gasteiger partial charge in [0.1, 0.15) is 6.04 Å². The smallest absolute Gasteiger partial charge is 0.266 e. The molecular weight excluding hydrogens is 466 g/mol. The van der Waals surface area contributed by atoms with Crippen molar-refractivity contribution >= 4 is 53.4 Å². The number of ether oxygens (including phenoxy) is 1. The zero-order valence-corrected chi connectivity index (χ0v) is 19.1. The minimum atomic E-state index is -3.45. The quantitative estimate of drug-likeness (QED) is 0.584. The van der Waals surface area contributed by atoms with Crippen molar-refractivity contribution in [1.29, 1.82) is 0 Å². The summed E-state index contributed by atoms with van der Waals surface area (Å²) < 4.78 is 34.8. The average Bonchev–Trinajstić information content (AvgIpc) is 2.97. The Bertz CT molecular complexity index is 1030. The molecule has 10 heteroatoms. The zero-order chi connectivity index (χ0) is 20.3. The first-order valence-corrected chi connectivity index (χ1v) is 12.7. The number of sulfonamides is 1. The maximum atomic E-state index is 12.9. The van der Waals surface area contributed by atoms with Gasteiger partial charge in [0.05, 0.1) is 23.1 Å². The van der Waals surface area contributed by atoms with E-state index in [0.29, 0.717) is 37.5 Å². The van der Waals surface area contributed by atoms with Gasteiger partial charge in [-0.05, 0) is 38.0 Å². The maximum Gasteiger partial charge on any atom is 0.266 e. The molecule has 1 aliphatic rings. The van der Waals surface area contributed by atoms with Crippen LogP contribution in [0.15, 0.2) is 27.7 Å². The molecule has 0 bridgehead atoms. The van der Waals surface area contributed by atoms with Gasteiger partial charge in [0.15, 0.2) is 4.80 Å². The molecule has 0 N–H and O–H groups in total. The lowest BCUT2D eigenvalue weighted by atomic mass is 10.0. The van der Waals surface area contributed by atoms with Crippen LogP contribution in [0.25, 0.3) is 10.2 Å². The van der Waals surface area contributed by atoms with Crippen LogP contribution < -0.4 is 4.80 Å². The van der Waals surface area contributed by atoms with Gasteiger partial charge in [0.2, 0.25) is 10.0 Å². The number of carbonyl (C=O) groups excluding carboxylic acids is 1. The Balaban J connectivity index is 2.01. The van der Waals surface area contributed by atoms with Crippen LogP contribution in [0.4, 0.5) is 0 Å². The average molecular weight is 490 g/mol. The number of carbonyl (C=O) groups is 1. The lowest BCUT2D eigenvalue weighted by molar-refractivity contribution is -0.122. The molecule has 1 fully saturated rings. The van der Waals surface area contributed by atoms with E-state index < -0.39 is 22.0 Å². The van der Waals surface area contributed by atoms with Crippen LogP contribution in [-0.2, 0) is 26.1 Å². The van der Waals surface area contributed by atoms with E-state index in [-0.39, 0.29) is 0 Å². The van der Waals surface area contributed by atoms with Gasteiger partial charge in [-0.15, -0.1) is 0 Å². The highest BCUT2D eigenvalue weighted by atomic mass is 79.9. The molecule has 28 heavy (non-hydrogen) atoms. The summed E-state index contributed by atoms with van der Waals surface area (Å²) >= 11 is 4.89. The summed E-state index contributed by atoms with van der Waals surface area (Å²) in [6, 6.07) is 5.20.